The Morgan fingerprint density at radius 3 is 2.79 bits per heavy atom. The Kier molecular flexibility index (Phi) is 5.45. The van der Waals surface area contributed by atoms with Crippen molar-refractivity contribution >= 4 is 45.0 Å². The highest BCUT2D eigenvalue weighted by Crippen LogP contribution is 2.41. The van der Waals surface area contributed by atoms with E-state index in [1.54, 1.807) is 6.92 Å². The first kappa shape index (κ1) is 19.3. The number of hydrogen-bond donors (Lipinski definition) is 1. The van der Waals surface area contributed by atoms with E-state index in [1.165, 1.54) is 11.3 Å². The van der Waals surface area contributed by atoms with Gasteiger partial charge in [0.05, 0.1) is 23.4 Å². The lowest BCUT2D eigenvalue weighted by molar-refractivity contribution is -0.139. The number of carbonyl (C=O) groups excluding carboxylic acids is 1. The van der Waals surface area contributed by atoms with Crippen molar-refractivity contribution in [2.24, 2.45) is 0 Å². The molecule has 8 nitrogen and oxygen atoms in total. The van der Waals surface area contributed by atoms with Crippen molar-refractivity contribution in [1.29, 1.82) is 0 Å². The molecule has 4 aromatic rings. The normalized spacial score (nSPS) is 11.1. The number of rotatable bonds is 6. The maximum absolute atomic E-state index is 11.5. The van der Waals surface area contributed by atoms with Gasteiger partial charge in [-0.05, 0) is 13.8 Å². The number of thiophene rings is 1. The number of esters is 1. The van der Waals surface area contributed by atoms with E-state index in [0.717, 1.165) is 33.2 Å². The van der Waals surface area contributed by atoms with Crippen molar-refractivity contribution in [3.05, 3.63) is 36.0 Å². The van der Waals surface area contributed by atoms with E-state index >= 15 is 0 Å². The molecule has 0 amide bonds. The Balaban J connectivity index is 1.66. The van der Waals surface area contributed by atoms with Gasteiger partial charge in [0.2, 0.25) is 0 Å². The predicted molar refractivity (Wildman–Crippen MR) is 113 cm³/mol. The van der Waals surface area contributed by atoms with Crippen molar-refractivity contribution in [3.63, 3.8) is 0 Å². The van der Waals surface area contributed by atoms with Crippen molar-refractivity contribution < 1.29 is 13.9 Å². The lowest BCUT2D eigenvalue weighted by atomic mass is 10.2. The van der Waals surface area contributed by atoms with Gasteiger partial charge < -0.3 is 14.9 Å². The van der Waals surface area contributed by atoms with E-state index in [9.17, 15) is 4.79 Å². The maximum Gasteiger partial charge on any atom is 0.316 e. The summed E-state index contributed by atoms with van der Waals surface area (Å²) in [5.74, 6) is 0.692. The van der Waals surface area contributed by atoms with E-state index in [1.807, 2.05) is 37.3 Å². The van der Waals surface area contributed by atoms with Crippen LogP contribution < -0.4 is 5.73 Å². The fraction of sp³-hybridized carbons (Fsp3) is 0.211. The summed E-state index contributed by atoms with van der Waals surface area (Å²) in [5, 5.41) is 9.10. The summed E-state index contributed by atoms with van der Waals surface area (Å²) in [7, 11) is 0. The molecule has 29 heavy (non-hydrogen) atoms. The van der Waals surface area contributed by atoms with Crippen LogP contribution in [0.5, 0.6) is 0 Å². The molecular weight excluding hydrogens is 410 g/mol. The second-order valence-corrected chi connectivity index (χ2v) is 7.92. The second kappa shape index (κ2) is 8.18. The van der Waals surface area contributed by atoms with Crippen LogP contribution in [-0.2, 0) is 9.53 Å². The standard InChI is InChI=1S/C19H17N5O3S2/c1-3-26-12(25)9-28-19-24-23-17(27-19)15-14(20)13-10(2)21-16(22-18(13)29-15)11-7-5-4-6-8-11/h4-8H,3,9,20H2,1-2H3. The summed E-state index contributed by atoms with van der Waals surface area (Å²) in [6.07, 6.45) is 0. The smallest absolute Gasteiger partial charge is 0.316 e. The first-order valence-electron chi connectivity index (χ1n) is 8.81. The SMILES string of the molecule is CCOC(=O)CSc1nnc(-c2sc3nc(-c4ccccc4)nc(C)c3c2N)o1. The molecule has 10 heteroatoms. The Hall–Kier alpha value is -2.98. The first-order valence-corrected chi connectivity index (χ1v) is 10.6. The molecular formula is C19H17N5O3S2. The molecule has 0 aliphatic rings. The van der Waals surface area contributed by atoms with Crippen molar-refractivity contribution in [3.8, 4) is 22.2 Å². The topological polar surface area (TPSA) is 117 Å². The zero-order valence-corrected chi connectivity index (χ0v) is 17.3. The summed E-state index contributed by atoms with van der Waals surface area (Å²) in [4.78, 5) is 22.2. The number of aryl methyl sites for hydroxylation is 1. The highest BCUT2D eigenvalue weighted by Gasteiger charge is 2.21. The molecule has 0 radical (unpaired) electrons. The number of nitrogens with zero attached hydrogens (tertiary/aromatic N) is 4. The van der Waals surface area contributed by atoms with Crippen molar-refractivity contribution in [2.75, 3.05) is 18.1 Å². The summed E-state index contributed by atoms with van der Waals surface area (Å²) < 4.78 is 10.6. The fourth-order valence-corrected chi connectivity index (χ4v) is 4.38. The van der Waals surface area contributed by atoms with Gasteiger partial charge in [0, 0.05) is 5.56 Å². The third kappa shape index (κ3) is 3.94. The minimum absolute atomic E-state index is 0.0996. The third-order valence-corrected chi connectivity index (χ3v) is 5.90. The lowest BCUT2D eigenvalue weighted by Gasteiger charge is -2.03. The van der Waals surface area contributed by atoms with E-state index in [-0.39, 0.29) is 22.8 Å². The van der Waals surface area contributed by atoms with Crippen LogP contribution in [0.4, 0.5) is 5.69 Å². The molecule has 1 aromatic carbocycles. The monoisotopic (exact) mass is 427 g/mol. The number of aromatic nitrogens is 4. The largest absolute Gasteiger partial charge is 0.465 e. The van der Waals surface area contributed by atoms with Crippen LogP contribution in [0.3, 0.4) is 0 Å². The fourth-order valence-electron chi connectivity index (χ4n) is 2.75. The number of ether oxygens (including phenoxy) is 1. The van der Waals surface area contributed by atoms with Crippen LogP contribution in [0.2, 0.25) is 0 Å². The van der Waals surface area contributed by atoms with Gasteiger partial charge in [0.25, 0.3) is 11.1 Å². The molecule has 0 atom stereocenters. The van der Waals surface area contributed by atoms with Crippen LogP contribution in [0.15, 0.2) is 40.0 Å². The number of fused-ring (bicyclic) bond motifs is 1. The Morgan fingerprint density at radius 1 is 1.24 bits per heavy atom. The van der Waals surface area contributed by atoms with Gasteiger partial charge in [-0.2, -0.15) is 0 Å². The molecule has 0 saturated heterocycles. The molecule has 2 N–H and O–H groups in total. The molecule has 3 aromatic heterocycles. The minimum atomic E-state index is -0.335. The Morgan fingerprint density at radius 2 is 2.03 bits per heavy atom. The van der Waals surface area contributed by atoms with Crippen LogP contribution in [0.25, 0.3) is 32.4 Å². The molecule has 0 aliphatic heterocycles. The van der Waals surface area contributed by atoms with Crippen molar-refractivity contribution in [1.82, 2.24) is 20.2 Å². The highest BCUT2D eigenvalue weighted by molar-refractivity contribution is 7.99. The molecule has 0 bridgehead atoms. The van der Waals surface area contributed by atoms with Gasteiger partial charge in [0.15, 0.2) is 5.82 Å². The average Bonchev–Trinajstić information content (AvgIpc) is 3.32. The van der Waals surface area contributed by atoms with Crippen molar-refractivity contribution in [2.45, 2.75) is 19.1 Å². The van der Waals surface area contributed by atoms with E-state index in [0.29, 0.717) is 23.0 Å². The summed E-state index contributed by atoms with van der Waals surface area (Å²) >= 11 is 2.49. The quantitative estimate of drug-likeness (QED) is 0.360. The highest BCUT2D eigenvalue weighted by atomic mass is 32.2. The van der Waals surface area contributed by atoms with Gasteiger partial charge in [-0.1, -0.05) is 42.1 Å². The van der Waals surface area contributed by atoms with Gasteiger partial charge in [-0.15, -0.1) is 21.5 Å². The number of thioether (sulfide) groups is 1. The Labute approximate surface area is 174 Å². The summed E-state index contributed by atoms with van der Waals surface area (Å²) in [6, 6.07) is 9.76. The molecule has 0 saturated carbocycles. The summed E-state index contributed by atoms with van der Waals surface area (Å²) in [6.45, 7) is 3.99. The second-order valence-electron chi connectivity index (χ2n) is 5.99. The molecule has 0 aliphatic carbocycles. The molecule has 0 spiro atoms. The predicted octanol–water partition coefficient (Wildman–Crippen LogP) is 3.95. The van der Waals surface area contributed by atoms with E-state index in [4.69, 9.17) is 14.9 Å². The van der Waals surface area contributed by atoms with E-state index in [2.05, 4.69) is 20.2 Å². The van der Waals surface area contributed by atoms with Crippen LogP contribution in [-0.4, -0.2) is 38.5 Å². The zero-order chi connectivity index (χ0) is 20.4. The van der Waals surface area contributed by atoms with Crippen LogP contribution in [0, 0.1) is 6.92 Å². The molecule has 4 rings (SSSR count). The number of nitrogens with two attached hydrogens (primary N) is 1. The maximum atomic E-state index is 11.5. The molecule has 0 fully saturated rings. The van der Waals surface area contributed by atoms with Crippen LogP contribution >= 0.6 is 23.1 Å². The number of carbonyl (C=O) groups is 1. The number of nitrogen functional groups attached to an aromatic ring is 1. The number of anilines is 1. The van der Waals surface area contributed by atoms with Gasteiger partial charge in [-0.25, -0.2) is 9.97 Å². The third-order valence-electron chi connectivity index (χ3n) is 4.02. The number of benzene rings is 1. The van der Waals surface area contributed by atoms with Gasteiger partial charge >= 0.3 is 5.97 Å². The molecule has 3 heterocycles. The van der Waals surface area contributed by atoms with Crippen LogP contribution in [0.1, 0.15) is 12.6 Å². The number of hydrogen-bond acceptors (Lipinski definition) is 10. The van der Waals surface area contributed by atoms with E-state index < -0.39 is 0 Å². The van der Waals surface area contributed by atoms with Gasteiger partial charge in [-0.3, -0.25) is 4.79 Å². The Bertz CT molecular complexity index is 1170. The molecule has 148 valence electrons. The first-order chi connectivity index (χ1) is 14.1. The lowest BCUT2D eigenvalue weighted by Crippen LogP contribution is -2.06. The summed E-state index contributed by atoms with van der Waals surface area (Å²) in [5.41, 5.74) is 8.58. The molecule has 0 unspecified atom stereocenters. The average molecular weight is 428 g/mol. The zero-order valence-electron chi connectivity index (χ0n) is 15.7. The van der Waals surface area contributed by atoms with Gasteiger partial charge in [0.1, 0.15) is 15.5 Å². The minimum Gasteiger partial charge on any atom is -0.465 e.